The summed E-state index contributed by atoms with van der Waals surface area (Å²) in [7, 11) is 0. The first kappa shape index (κ1) is 26.7. The minimum absolute atomic E-state index is 0.0937. The Morgan fingerprint density at radius 1 is 1.19 bits per heavy atom. The number of nitrogens with one attached hydrogen (secondary N) is 1. The summed E-state index contributed by atoms with van der Waals surface area (Å²) < 4.78 is 44.9. The number of alkyl halides is 3. The molecule has 1 aliphatic heterocycles. The highest BCUT2D eigenvalue weighted by atomic mass is 35.5. The van der Waals surface area contributed by atoms with E-state index >= 15 is 0 Å². The quantitative estimate of drug-likeness (QED) is 0.401. The van der Waals surface area contributed by atoms with Gasteiger partial charge < -0.3 is 15.2 Å². The second-order valence-electron chi connectivity index (χ2n) is 9.16. The Morgan fingerprint density at radius 2 is 1.86 bits per heavy atom. The standard InChI is InChI=1S/C26H20Cl2F3N3O3/c1-25(2)11-20(33-23(36)22(35)26(29,30)31)18-10-17(14-4-6-15(27)7-5-14)21(34-24(18)37-25)16-8-3-13(12-32)9-19(16)28/h3-10,20,22,35H,11H2,1-2H3,(H,33,36). The summed E-state index contributed by atoms with van der Waals surface area (Å²) in [6, 6.07) is 14.3. The van der Waals surface area contributed by atoms with Crippen molar-refractivity contribution in [2.45, 2.75) is 44.2 Å². The van der Waals surface area contributed by atoms with Crippen LogP contribution in [0.15, 0.2) is 48.5 Å². The van der Waals surface area contributed by atoms with E-state index in [-0.39, 0.29) is 17.3 Å². The van der Waals surface area contributed by atoms with Gasteiger partial charge in [-0.1, -0.05) is 35.3 Å². The number of pyridine rings is 1. The Kier molecular flexibility index (Phi) is 7.12. The van der Waals surface area contributed by atoms with Crippen LogP contribution in [-0.2, 0) is 4.79 Å². The maximum Gasteiger partial charge on any atom is 0.423 e. The molecule has 0 fully saturated rings. The number of carbonyl (C=O) groups excluding carboxylic acids is 1. The number of benzene rings is 2. The van der Waals surface area contributed by atoms with Crippen molar-refractivity contribution in [2.24, 2.45) is 0 Å². The number of hydrogen-bond acceptors (Lipinski definition) is 5. The number of amides is 1. The van der Waals surface area contributed by atoms with Crippen LogP contribution < -0.4 is 10.1 Å². The van der Waals surface area contributed by atoms with Crippen molar-refractivity contribution in [1.29, 1.82) is 5.26 Å². The number of carbonyl (C=O) groups is 1. The lowest BCUT2D eigenvalue weighted by Crippen LogP contribution is -2.48. The van der Waals surface area contributed by atoms with Crippen LogP contribution in [0.4, 0.5) is 13.2 Å². The van der Waals surface area contributed by atoms with Gasteiger partial charge in [-0.2, -0.15) is 18.4 Å². The second-order valence-corrected chi connectivity index (χ2v) is 10.0. The van der Waals surface area contributed by atoms with Crippen molar-refractivity contribution >= 4 is 29.1 Å². The van der Waals surface area contributed by atoms with E-state index in [0.29, 0.717) is 38.5 Å². The molecule has 0 radical (unpaired) electrons. The molecule has 2 unspecified atom stereocenters. The van der Waals surface area contributed by atoms with Crippen LogP contribution in [0, 0.1) is 11.3 Å². The van der Waals surface area contributed by atoms with E-state index in [9.17, 15) is 28.3 Å². The highest BCUT2D eigenvalue weighted by Crippen LogP contribution is 2.44. The lowest BCUT2D eigenvalue weighted by molar-refractivity contribution is -0.205. The van der Waals surface area contributed by atoms with Gasteiger partial charge in [0.1, 0.15) is 5.60 Å². The van der Waals surface area contributed by atoms with E-state index in [4.69, 9.17) is 27.9 Å². The van der Waals surface area contributed by atoms with Crippen LogP contribution in [0.1, 0.15) is 37.4 Å². The number of fused-ring (bicyclic) bond motifs is 1. The average molecular weight is 550 g/mol. The van der Waals surface area contributed by atoms with Crippen molar-refractivity contribution < 1.29 is 27.8 Å². The summed E-state index contributed by atoms with van der Waals surface area (Å²) in [5, 5.41) is 21.7. The third-order valence-electron chi connectivity index (χ3n) is 5.84. The molecule has 2 N–H and O–H groups in total. The first-order valence-electron chi connectivity index (χ1n) is 11.0. The van der Waals surface area contributed by atoms with E-state index in [1.807, 2.05) is 6.07 Å². The number of aliphatic hydroxyl groups excluding tert-OH is 1. The van der Waals surface area contributed by atoms with Gasteiger partial charge in [0, 0.05) is 28.1 Å². The molecule has 192 valence electrons. The molecule has 2 heterocycles. The second kappa shape index (κ2) is 9.86. The molecule has 0 spiro atoms. The Labute approximate surface area is 220 Å². The van der Waals surface area contributed by atoms with Crippen LogP contribution in [0.25, 0.3) is 22.4 Å². The molecule has 4 rings (SSSR count). The highest BCUT2D eigenvalue weighted by Gasteiger charge is 2.45. The normalized spacial score (nSPS) is 17.2. The molecule has 0 bridgehead atoms. The molecular weight excluding hydrogens is 530 g/mol. The van der Waals surface area contributed by atoms with Crippen LogP contribution >= 0.6 is 23.2 Å². The molecule has 3 aromatic rings. The Balaban J connectivity index is 1.90. The molecule has 0 saturated heterocycles. The Morgan fingerprint density at radius 3 is 2.46 bits per heavy atom. The van der Waals surface area contributed by atoms with Gasteiger partial charge in [0.15, 0.2) is 0 Å². The van der Waals surface area contributed by atoms with Gasteiger partial charge in [-0.05, 0) is 55.8 Å². The van der Waals surface area contributed by atoms with E-state index < -0.39 is 29.8 Å². The molecule has 2 atom stereocenters. The molecule has 1 aliphatic rings. The van der Waals surface area contributed by atoms with E-state index in [2.05, 4.69) is 10.3 Å². The zero-order valence-corrected chi connectivity index (χ0v) is 21.0. The first-order valence-corrected chi connectivity index (χ1v) is 11.8. The molecule has 6 nitrogen and oxygen atoms in total. The smallest absolute Gasteiger partial charge is 0.423 e. The van der Waals surface area contributed by atoms with Crippen LogP contribution in [0.2, 0.25) is 10.0 Å². The van der Waals surface area contributed by atoms with E-state index in [1.165, 1.54) is 6.07 Å². The number of aromatic nitrogens is 1. The first-order chi connectivity index (χ1) is 17.3. The maximum atomic E-state index is 13.0. The molecule has 0 aliphatic carbocycles. The summed E-state index contributed by atoms with van der Waals surface area (Å²) in [5.74, 6) is -1.48. The average Bonchev–Trinajstić information content (AvgIpc) is 2.82. The minimum Gasteiger partial charge on any atom is -0.471 e. The fourth-order valence-electron chi connectivity index (χ4n) is 4.11. The van der Waals surface area contributed by atoms with Gasteiger partial charge >= 0.3 is 6.18 Å². The van der Waals surface area contributed by atoms with Gasteiger partial charge in [-0.3, -0.25) is 4.79 Å². The Bertz CT molecular complexity index is 1400. The third-order valence-corrected chi connectivity index (χ3v) is 6.41. The zero-order chi connectivity index (χ0) is 27.1. The molecule has 37 heavy (non-hydrogen) atoms. The monoisotopic (exact) mass is 549 g/mol. The summed E-state index contributed by atoms with van der Waals surface area (Å²) >= 11 is 12.6. The van der Waals surface area contributed by atoms with Crippen LogP contribution in [-0.4, -0.2) is 33.9 Å². The van der Waals surface area contributed by atoms with Gasteiger partial charge in [-0.25, -0.2) is 4.98 Å². The number of aliphatic hydroxyl groups is 1. The Hall–Kier alpha value is -3.32. The fraction of sp³-hybridized carbons (Fsp3) is 0.269. The summed E-state index contributed by atoms with van der Waals surface area (Å²) in [4.78, 5) is 17.0. The number of nitriles is 1. The van der Waals surface area contributed by atoms with Crippen LogP contribution in [0.5, 0.6) is 5.88 Å². The van der Waals surface area contributed by atoms with Crippen molar-refractivity contribution in [1.82, 2.24) is 10.3 Å². The predicted molar refractivity (Wildman–Crippen MR) is 132 cm³/mol. The van der Waals surface area contributed by atoms with Crippen molar-refractivity contribution in [3.05, 3.63) is 69.7 Å². The van der Waals surface area contributed by atoms with Gasteiger partial charge in [-0.15, -0.1) is 0 Å². The number of nitrogens with zero attached hydrogens (tertiary/aromatic N) is 2. The maximum absolute atomic E-state index is 13.0. The lowest BCUT2D eigenvalue weighted by atomic mass is 9.88. The highest BCUT2D eigenvalue weighted by molar-refractivity contribution is 6.33. The van der Waals surface area contributed by atoms with Gasteiger partial charge in [0.25, 0.3) is 5.91 Å². The number of rotatable bonds is 4. The van der Waals surface area contributed by atoms with Gasteiger partial charge in [0.2, 0.25) is 12.0 Å². The third kappa shape index (κ3) is 5.67. The number of halogens is 5. The largest absolute Gasteiger partial charge is 0.471 e. The summed E-state index contributed by atoms with van der Waals surface area (Å²) in [6.45, 7) is 3.41. The summed E-state index contributed by atoms with van der Waals surface area (Å²) in [6.07, 6.45) is -8.17. The molecule has 0 saturated carbocycles. The van der Waals surface area contributed by atoms with Crippen molar-refractivity contribution in [3.63, 3.8) is 0 Å². The molecule has 2 aromatic carbocycles. The van der Waals surface area contributed by atoms with Crippen molar-refractivity contribution in [3.8, 4) is 34.3 Å². The SMILES string of the molecule is CC1(C)CC(NC(=O)C(O)C(F)(F)F)c2cc(-c3ccc(Cl)cc3)c(-c3ccc(C#N)cc3Cl)nc2O1. The van der Waals surface area contributed by atoms with E-state index in [1.54, 1.807) is 56.3 Å². The number of hydrogen-bond donors (Lipinski definition) is 2. The molecule has 11 heteroatoms. The minimum atomic E-state index is -5.11. The molecular formula is C26H20Cl2F3N3O3. The van der Waals surface area contributed by atoms with E-state index in [0.717, 1.165) is 0 Å². The zero-order valence-electron chi connectivity index (χ0n) is 19.5. The van der Waals surface area contributed by atoms with Gasteiger partial charge in [0.05, 0.1) is 28.4 Å². The lowest BCUT2D eigenvalue weighted by Gasteiger charge is -2.38. The topological polar surface area (TPSA) is 95.2 Å². The van der Waals surface area contributed by atoms with Crippen LogP contribution in [0.3, 0.4) is 0 Å². The summed E-state index contributed by atoms with van der Waals surface area (Å²) in [5.41, 5.74) is 1.88. The van der Waals surface area contributed by atoms with Crippen molar-refractivity contribution in [2.75, 3.05) is 0 Å². The fourth-order valence-corrected chi connectivity index (χ4v) is 4.50. The molecule has 1 amide bonds. The predicted octanol–water partition coefficient (Wildman–Crippen LogP) is 6.24. The number of ether oxygens (including phenoxy) is 1. The molecule has 1 aromatic heterocycles.